The van der Waals surface area contributed by atoms with Crippen molar-refractivity contribution in [3.8, 4) is 0 Å². The van der Waals surface area contributed by atoms with Crippen molar-refractivity contribution in [1.29, 1.82) is 0 Å². The first-order chi connectivity index (χ1) is 9.45. The van der Waals surface area contributed by atoms with E-state index in [1.807, 2.05) is 25.8 Å². The van der Waals surface area contributed by atoms with Crippen molar-refractivity contribution in [1.82, 2.24) is 5.32 Å². The van der Waals surface area contributed by atoms with Crippen molar-refractivity contribution in [2.45, 2.75) is 19.9 Å². The number of hydrogen-bond acceptors (Lipinski definition) is 3. The van der Waals surface area contributed by atoms with Gasteiger partial charge in [0, 0.05) is 25.3 Å². The van der Waals surface area contributed by atoms with E-state index in [-0.39, 0.29) is 24.3 Å². The van der Waals surface area contributed by atoms with Crippen LogP contribution in [0.1, 0.15) is 13.8 Å². The van der Waals surface area contributed by atoms with Gasteiger partial charge in [0.15, 0.2) is 0 Å². The first-order valence-electron chi connectivity index (χ1n) is 6.59. The van der Waals surface area contributed by atoms with E-state index in [1.54, 1.807) is 18.2 Å². The predicted molar refractivity (Wildman–Crippen MR) is 81.6 cm³/mol. The van der Waals surface area contributed by atoms with E-state index in [2.05, 4.69) is 17.2 Å². The van der Waals surface area contributed by atoms with Crippen LogP contribution in [-0.2, 0) is 4.79 Å². The molecule has 0 heterocycles. The fourth-order valence-corrected chi connectivity index (χ4v) is 1.64. The van der Waals surface area contributed by atoms with Crippen molar-refractivity contribution in [2.75, 3.05) is 30.4 Å². The second kappa shape index (κ2) is 7.65. The lowest BCUT2D eigenvalue weighted by Gasteiger charge is -2.24. The van der Waals surface area contributed by atoms with Crippen LogP contribution in [0.25, 0.3) is 0 Å². The smallest absolute Gasteiger partial charge is 0.238 e. The zero-order chi connectivity index (χ0) is 15.1. The van der Waals surface area contributed by atoms with E-state index in [0.717, 1.165) is 0 Å². The Labute approximate surface area is 119 Å². The summed E-state index contributed by atoms with van der Waals surface area (Å²) in [5.74, 6) is -0.561. The molecule has 1 aromatic rings. The van der Waals surface area contributed by atoms with Gasteiger partial charge in [-0.15, -0.1) is 6.58 Å². The van der Waals surface area contributed by atoms with Gasteiger partial charge in [0.05, 0.1) is 12.2 Å². The van der Waals surface area contributed by atoms with E-state index in [4.69, 9.17) is 0 Å². The molecule has 2 N–H and O–H groups in total. The van der Waals surface area contributed by atoms with E-state index in [0.29, 0.717) is 17.9 Å². The van der Waals surface area contributed by atoms with Crippen LogP contribution in [0, 0.1) is 5.82 Å². The molecule has 0 bridgehead atoms. The van der Waals surface area contributed by atoms with E-state index in [1.165, 1.54) is 6.07 Å². The minimum Gasteiger partial charge on any atom is -0.370 e. The van der Waals surface area contributed by atoms with E-state index in [9.17, 15) is 9.18 Å². The second-order valence-corrected chi connectivity index (χ2v) is 4.84. The highest BCUT2D eigenvalue weighted by Crippen LogP contribution is 2.23. The highest BCUT2D eigenvalue weighted by atomic mass is 19.1. The number of hydrogen-bond donors (Lipinski definition) is 2. The fraction of sp³-hybridized carbons (Fsp3) is 0.400. The Kier molecular flexibility index (Phi) is 6.18. The molecule has 5 heteroatoms. The summed E-state index contributed by atoms with van der Waals surface area (Å²) in [5, 5.41) is 5.52. The van der Waals surface area contributed by atoms with Crippen molar-refractivity contribution in [3.63, 3.8) is 0 Å². The molecule has 0 saturated heterocycles. The Bertz CT molecular complexity index is 474. The van der Waals surface area contributed by atoms with Crippen molar-refractivity contribution in [3.05, 3.63) is 36.7 Å². The van der Waals surface area contributed by atoms with Crippen LogP contribution in [0.15, 0.2) is 30.9 Å². The number of nitrogens with one attached hydrogen (secondary N) is 2. The third-order valence-electron chi connectivity index (χ3n) is 2.96. The third-order valence-corrected chi connectivity index (χ3v) is 2.96. The van der Waals surface area contributed by atoms with Crippen LogP contribution in [0.2, 0.25) is 0 Å². The summed E-state index contributed by atoms with van der Waals surface area (Å²) in [6, 6.07) is 4.90. The number of carbonyl (C=O) groups is 1. The predicted octanol–water partition coefficient (Wildman–Crippen LogP) is 2.38. The molecule has 0 radical (unpaired) electrons. The Morgan fingerprint density at radius 1 is 1.50 bits per heavy atom. The van der Waals surface area contributed by atoms with E-state index >= 15 is 0 Å². The van der Waals surface area contributed by atoms with Gasteiger partial charge in [-0.3, -0.25) is 4.79 Å². The first-order valence-corrected chi connectivity index (χ1v) is 6.59. The average molecular weight is 279 g/mol. The van der Waals surface area contributed by atoms with E-state index < -0.39 is 0 Å². The van der Waals surface area contributed by atoms with Gasteiger partial charge >= 0.3 is 0 Å². The van der Waals surface area contributed by atoms with Crippen molar-refractivity contribution in [2.24, 2.45) is 0 Å². The maximum absolute atomic E-state index is 14.0. The standard InChI is InChI=1S/C15H22FN3O/c1-5-8-17-10-15(20)18-12-6-7-14(13(16)9-12)19(4)11(2)3/h5-7,9,11,17H,1,8,10H2,2-4H3,(H,18,20). The molecule has 20 heavy (non-hydrogen) atoms. The van der Waals surface area contributed by atoms with Gasteiger partial charge in [-0.1, -0.05) is 6.08 Å². The molecule has 0 aliphatic rings. The van der Waals surface area contributed by atoms with Gasteiger partial charge in [-0.25, -0.2) is 4.39 Å². The molecular formula is C15H22FN3O. The maximum Gasteiger partial charge on any atom is 0.238 e. The normalized spacial score (nSPS) is 10.4. The lowest BCUT2D eigenvalue weighted by Crippen LogP contribution is -2.28. The molecule has 0 fully saturated rings. The summed E-state index contributed by atoms with van der Waals surface area (Å²) in [6.45, 7) is 8.24. The monoisotopic (exact) mass is 279 g/mol. The van der Waals surface area contributed by atoms with Gasteiger partial charge in [0.2, 0.25) is 5.91 Å². The molecule has 110 valence electrons. The summed E-state index contributed by atoms with van der Waals surface area (Å²) in [5.41, 5.74) is 0.969. The highest BCUT2D eigenvalue weighted by molar-refractivity contribution is 5.92. The van der Waals surface area contributed by atoms with Gasteiger partial charge in [-0.2, -0.15) is 0 Å². The Morgan fingerprint density at radius 2 is 2.20 bits per heavy atom. The zero-order valence-electron chi connectivity index (χ0n) is 12.2. The van der Waals surface area contributed by atoms with Crippen LogP contribution < -0.4 is 15.5 Å². The Morgan fingerprint density at radius 3 is 2.75 bits per heavy atom. The fourth-order valence-electron chi connectivity index (χ4n) is 1.64. The van der Waals surface area contributed by atoms with Crippen LogP contribution >= 0.6 is 0 Å². The minimum atomic E-state index is -0.349. The zero-order valence-corrected chi connectivity index (χ0v) is 12.2. The second-order valence-electron chi connectivity index (χ2n) is 4.84. The van der Waals surface area contributed by atoms with Gasteiger partial charge < -0.3 is 15.5 Å². The average Bonchev–Trinajstić information content (AvgIpc) is 2.38. The number of nitrogens with zero attached hydrogens (tertiary/aromatic N) is 1. The minimum absolute atomic E-state index is 0.168. The molecule has 0 aliphatic carbocycles. The van der Waals surface area contributed by atoms with Gasteiger partial charge in [0.25, 0.3) is 0 Å². The molecule has 0 saturated carbocycles. The Hall–Kier alpha value is -1.88. The van der Waals surface area contributed by atoms with Crippen molar-refractivity contribution < 1.29 is 9.18 Å². The molecule has 0 aromatic heterocycles. The Balaban J connectivity index is 2.68. The number of anilines is 2. The van der Waals surface area contributed by atoms with Gasteiger partial charge in [-0.05, 0) is 32.0 Å². The topological polar surface area (TPSA) is 44.4 Å². The van der Waals surface area contributed by atoms with Crippen molar-refractivity contribution >= 4 is 17.3 Å². The summed E-state index contributed by atoms with van der Waals surface area (Å²) in [6.07, 6.45) is 1.67. The van der Waals surface area contributed by atoms with Crippen LogP contribution in [0.3, 0.4) is 0 Å². The van der Waals surface area contributed by atoms with Crippen LogP contribution in [0.4, 0.5) is 15.8 Å². The molecule has 1 amide bonds. The SMILES string of the molecule is C=CCNCC(=O)Nc1ccc(N(C)C(C)C)c(F)c1. The highest BCUT2D eigenvalue weighted by Gasteiger charge is 2.11. The molecule has 0 spiro atoms. The largest absolute Gasteiger partial charge is 0.370 e. The number of carbonyl (C=O) groups excluding carboxylic acids is 1. The molecule has 4 nitrogen and oxygen atoms in total. The summed E-state index contributed by atoms with van der Waals surface area (Å²) in [4.78, 5) is 13.4. The van der Waals surface area contributed by atoms with Crippen LogP contribution in [0.5, 0.6) is 0 Å². The summed E-state index contributed by atoms with van der Waals surface area (Å²) in [7, 11) is 1.83. The molecule has 0 unspecified atom stereocenters. The summed E-state index contributed by atoms with van der Waals surface area (Å²) >= 11 is 0. The van der Waals surface area contributed by atoms with Crippen LogP contribution in [-0.4, -0.2) is 32.1 Å². The lowest BCUT2D eigenvalue weighted by atomic mass is 10.2. The lowest BCUT2D eigenvalue weighted by molar-refractivity contribution is -0.115. The molecule has 0 aliphatic heterocycles. The maximum atomic E-state index is 14.0. The number of benzene rings is 1. The number of rotatable bonds is 7. The first kappa shape index (κ1) is 16.2. The summed E-state index contributed by atoms with van der Waals surface area (Å²) < 4.78 is 14.0. The molecule has 1 rings (SSSR count). The molecule has 0 atom stereocenters. The third kappa shape index (κ3) is 4.66. The number of halogens is 1. The molecular weight excluding hydrogens is 257 g/mol. The number of amides is 1. The van der Waals surface area contributed by atoms with Gasteiger partial charge in [0.1, 0.15) is 5.82 Å². The molecule has 1 aromatic carbocycles. The quantitative estimate of drug-likeness (QED) is 0.595.